The molecule has 0 atom stereocenters. The molecule has 0 heterocycles. The van der Waals surface area contributed by atoms with Gasteiger partial charge < -0.3 is 14.6 Å². The number of hydrogen-bond acceptors (Lipinski definition) is 3. The van der Waals surface area contributed by atoms with E-state index >= 15 is 0 Å². The van der Waals surface area contributed by atoms with Crippen molar-refractivity contribution in [3.63, 3.8) is 0 Å². The Balaban J connectivity index is 1.95. The van der Waals surface area contributed by atoms with E-state index in [9.17, 15) is 4.79 Å². The minimum Gasteiger partial charge on any atom is -0.490 e. The highest BCUT2D eigenvalue weighted by molar-refractivity contribution is 9.10. The molecule has 0 unspecified atom stereocenters. The molecular formula is C19H19BrO4. The first-order valence-corrected chi connectivity index (χ1v) is 8.28. The lowest BCUT2D eigenvalue weighted by atomic mass is 10.1. The number of rotatable bonds is 7. The van der Waals surface area contributed by atoms with Gasteiger partial charge in [-0.3, -0.25) is 0 Å². The number of benzene rings is 2. The molecule has 0 aliphatic heterocycles. The molecule has 2 rings (SSSR count). The van der Waals surface area contributed by atoms with Crippen LogP contribution in [0.5, 0.6) is 11.5 Å². The quantitative estimate of drug-likeness (QED) is 0.553. The van der Waals surface area contributed by atoms with E-state index < -0.39 is 5.97 Å². The van der Waals surface area contributed by atoms with E-state index in [1.165, 1.54) is 11.6 Å². The molecule has 0 fully saturated rings. The van der Waals surface area contributed by atoms with Crippen LogP contribution in [0.3, 0.4) is 0 Å². The third-order valence-electron chi connectivity index (χ3n) is 3.31. The van der Waals surface area contributed by atoms with E-state index in [-0.39, 0.29) is 0 Å². The van der Waals surface area contributed by atoms with Gasteiger partial charge in [0.2, 0.25) is 0 Å². The maximum atomic E-state index is 10.7. The smallest absolute Gasteiger partial charge is 0.328 e. The number of aryl methyl sites for hydroxylation is 2. The molecule has 0 aromatic heterocycles. The highest BCUT2D eigenvalue weighted by Gasteiger charge is 2.04. The summed E-state index contributed by atoms with van der Waals surface area (Å²) in [7, 11) is 0. The molecule has 4 nitrogen and oxygen atoms in total. The van der Waals surface area contributed by atoms with Crippen molar-refractivity contribution >= 4 is 28.0 Å². The fourth-order valence-corrected chi connectivity index (χ4v) is 2.59. The topological polar surface area (TPSA) is 55.8 Å². The summed E-state index contributed by atoms with van der Waals surface area (Å²) in [4.78, 5) is 10.7. The van der Waals surface area contributed by atoms with Crippen LogP contribution >= 0.6 is 15.9 Å². The van der Waals surface area contributed by atoms with Crippen molar-refractivity contribution in [3.8, 4) is 11.5 Å². The Kier molecular flexibility index (Phi) is 6.44. The number of hydrogen-bond donors (Lipinski definition) is 1. The molecule has 2 aromatic carbocycles. The summed E-state index contributed by atoms with van der Waals surface area (Å²) in [5.74, 6) is 0.449. The summed E-state index contributed by atoms with van der Waals surface area (Å²) in [6.45, 7) is 4.82. The highest BCUT2D eigenvalue weighted by atomic mass is 79.9. The minimum atomic E-state index is -1.00. The van der Waals surface area contributed by atoms with Crippen LogP contribution in [0.25, 0.3) is 6.08 Å². The molecule has 126 valence electrons. The summed E-state index contributed by atoms with van der Waals surface area (Å²) < 4.78 is 12.3. The van der Waals surface area contributed by atoms with Gasteiger partial charge in [-0.25, -0.2) is 4.79 Å². The first-order chi connectivity index (χ1) is 11.5. The van der Waals surface area contributed by atoms with Crippen LogP contribution in [-0.2, 0) is 4.79 Å². The van der Waals surface area contributed by atoms with Crippen LogP contribution in [0.2, 0.25) is 0 Å². The zero-order valence-electron chi connectivity index (χ0n) is 13.6. The van der Waals surface area contributed by atoms with E-state index in [1.807, 2.05) is 32.0 Å². The number of carboxylic acids is 1. The maximum absolute atomic E-state index is 10.7. The molecule has 5 heteroatoms. The standard InChI is InChI=1S/C19H19BrO4/c1-13-3-6-17(14(2)11-13)23-9-10-24-18-7-5-16(20)12-15(18)4-8-19(21)22/h3-8,11-12H,9-10H2,1-2H3,(H,21,22). The van der Waals surface area contributed by atoms with Gasteiger partial charge in [0.15, 0.2) is 0 Å². The van der Waals surface area contributed by atoms with Gasteiger partial charge in [-0.2, -0.15) is 0 Å². The number of aliphatic carboxylic acids is 1. The van der Waals surface area contributed by atoms with Gasteiger partial charge in [-0.05, 0) is 49.8 Å². The van der Waals surface area contributed by atoms with Crippen molar-refractivity contribution < 1.29 is 19.4 Å². The van der Waals surface area contributed by atoms with Gasteiger partial charge in [0, 0.05) is 16.1 Å². The fraction of sp³-hybridized carbons (Fsp3) is 0.211. The molecule has 0 bridgehead atoms. The second-order valence-corrected chi connectivity index (χ2v) is 6.24. The van der Waals surface area contributed by atoms with Crippen LogP contribution < -0.4 is 9.47 Å². The molecule has 0 aliphatic carbocycles. The van der Waals surface area contributed by atoms with E-state index in [0.717, 1.165) is 21.9 Å². The molecule has 0 saturated heterocycles. The summed E-state index contributed by atoms with van der Waals surface area (Å²) in [5, 5.41) is 8.76. The van der Waals surface area contributed by atoms with E-state index in [4.69, 9.17) is 14.6 Å². The molecule has 0 radical (unpaired) electrons. The van der Waals surface area contributed by atoms with Gasteiger partial charge in [0.05, 0.1) is 0 Å². The zero-order valence-corrected chi connectivity index (χ0v) is 15.2. The zero-order chi connectivity index (χ0) is 17.5. The Labute approximate surface area is 149 Å². The lowest BCUT2D eigenvalue weighted by Crippen LogP contribution is -2.10. The highest BCUT2D eigenvalue weighted by Crippen LogP contribution is 2.25. The van der Waals surface area contributed by atoms with Gasteiger partial charge in [-0.15, -0.1) is 0 Å². The Morgan fingerprint density at radius 2 is 1.75 bits per heavy atom. The fourth-order valence-electron chi connectivity index (χ4n) is 2.21. The Morgan fingerprint density at radius 3 is 2.42 bits per heavy atom. The number of halogens is 1. The third kappa shape index (κ3) is 5.42. The second kappa shape index (κ2) is 8.55. The van der Waals surface area contributed by atoms with Crippen molar-refractivity contribution in [1.82, 2.24) is 0 Å². The van der Waals surface area contributed by atoms with E-state index in [1.54, 1.807) is 12.1 Å². The molecule has 0 spiro atoms. The largest absolute Gasteiger partial charge is 0.490 e. The SMILES string of the molecule is Cc1ccc(OCCOc2ccc(Br)cc2C=CC(=O)O)c(C)c1. The molecule has 24 heavy (non-hydrogen) atoms. The summed E-state index contributed by atoms with van der Waals surface area (Å²) in [5.41, 5.74) is 2.97. The average Bonchev–Trinajstić information content (AvgIpc) is 2.52. The van der Waals surface area contributed by atoms with Crippen molar-refractivity contribution in [2.45, 2.75) is 13.8 Å². The minimum absolute atomic E-state index is 0.364. The second-order valence-electron chi connectivity index (χ2n) is 5.32. The predicted octanol–water partition coefficient (Wildman–Crippen LogP) is 4.62. The number of carbonyl (C=O) groups is 1. The lowest BCUT2D eigenvalue weighted by Gasteiger charge is -2.12. The van der Waals surface area contributed by atoms with E-state index in [0.29, 0.717) is 24.5 Å². The van der Waals surface area contributed by atoms with Crippen molar-refractivity contribution in [2.75, 3.05) is 13.2 Å². The first-order valence-electron chi connectivity index (χ1n) is 7.49. The van der Waals surface area contributed by atoms with Crippen molar-refractivity contribution in [3.05, 3.63) is 63.6 Å². The Bertz CT molecular complexity index is 753. The third-order valence-corrected chi connectivity index (χ3v) is 3.80. The lowest BCUT2D eigenvalue weighted by molar-refractivity contribution is -0.131. The normalized spacial score (nSPS) is 10.8. The average molecular weight is 391 g/mol. The molecule has 2 aromatic rings. The van der Waals surface area contributed by atoms with Crippen molar-refractivity contribution in [2.24, 2.45) is 0 Å². The molecule has 0 aliphatic rings. The predicted molar refractivity (Wildman–Crippen MR) is 97.7 cm³/mol. The van der Waals surface area contributed by atoms with Gasteiger partial charge in [0.1, 0.15) is 24.7 Å². The Morgan fingerprint density at radius 1 is 1.08 bits per heavy atom. The van der Waals surface area contributed by atoms with E-state index in [2.05, 4.69) is 22.0 Å². The van der Waals surface area contributed by atoms with Crippen LogP contribution in [-0.4, -0.2) is 24.3 Å². The van der Waals surface area contributed by atoms with Crippen LogP contribution in [0.4, 0.5) is 0 Å². The van der Waals surface area contributed by atoms with Crippen LogP contribution in [0, 0.1) is 13.8 Å². The summed E-state index contributed by atoms with van der Waals surface area (Å²) in [6, 6.07) is 11.5. The van der Waals surface area contributed by atoms with Gasteiger partial charge in [0.25, 0.3) is 0 Å². The maximum Gasteiger partial charge on any atom is 0.328 e. The molecule has 0 saturated carbocycles. The number of ether oxygens (including phenoxy) is 2. The molecule has 0 amide bonds. The molecule has 1 N–H and O–H groups in total. The summed E-state index contributed by atoms with van der Waals surface area (Å²) in [6.07, 6.45) is 2.59. The van der Waals surface area contributed by atoms with Gasteiger partial charge >= 0.3 is 5.97 Å². The van der Waals surface area contributed by atoms with Crippen LogP contribution in [0.15, 0.2) is 46.9 Å². The Hall–Kier alpha value is -2.27. The number of carboxylic acid groups (broad SMARTS) is 1. The monoisotopic (exact) mass is 390 g/mol. The van der Waals surface area contributed by atoms with Crippen LogP contribution in [0.1, 0.15) is 16.7 Å². The summed E-state index contributed by atoms with van der Waals surface area (Å²) >= 11 is 3.37. The molecular weight excluding hydrogens is 372 g/mol. The van der Waals surface area contributed by atoms with Gasteiger partial charge in [-0.1, -0.05) is 33.6 Å². The first kappa shape index (κ1) is 18.1. The van der Waals surface area contributed by atoms with Crippen molar-refractivity contribution in [1.29, 1.82) is 0 Å².